The van der Waals surface area contributed by atoms with Crippen LogP contribution in [-0.2, 0) is 9.53 Å². The Bertz CT molecular complexity index is 569. The van der Waals surface area contributed by atoms with Crippen molar-refractivity contribution >= 4 is 17.9 Å². The summed E-state index contributed by atoms with van der Waals surface area (Å²) in [5.41, 5.74) is 0.296. The van der Waals surface area contributed by atoms with Gasteiger partial charge in [0.1, 0.15) is 5.75 Å². The van der Waals surface area contributed by atoms with Gasteiger partial charge in [0.05, 0.1) is 12.2 Å². The number of rotatable bonds is 7. The van der Waals surface area contributed by atoms with Gasteiger partial charge < -0.3 is 14.8 Å². The van der Waals surface area contributed by atoms with Crippen LogP contribution >= 0.6 is 0 Å². The summed E-state index contributed by atoms with van der Waals surface area (Å²) in [6.07, 6.45) is -1.09. The Hall–Kier alpha value is -2.57. The van der Waals surface area contributed by atoms with Crippen LogP contribution in [0.1, 0.15) is 38.1 Å². The Labute approximate surface area is 141 Å². The van der Waals surface area contributed by atoms with Gasteiger partial charge in [-0.15, -0.1) is 0 Å². The number of carbonyl (C=O) groups is 3. The molecule has 1 atom stereocenters. The predicted molar refractivity (Wildman–Crippen MR) is 88.9 cm³/mol. The van der Waals surface area contributed by atoms with E-state index in [1.165, 1.54) is 6.92 Å². The molecule has 24 heavy (non-hydrogen) atoms. The highest BCUT2D eigenvalue weighted by Crippen LogP contribution is 2.14. The largest absolute Gasteiger partial charge is 0.493 e. The fourth-order valence-electron chi connectivity index (χ4n) is 1.65. The van der Waals surface area contributed by atoms with Crippen molar-refractivity contribution in [2.24, 2.45) is 5.92 Å². The maximum Gasteiger partial charge on any atom is 0.338 e. The average molecular weight is 336 g/mol. The summed E-state index contributed by atoms with van der Waals surface area (Å²) in [7, 11) is 0. The van der Waals surface area contributed by atoms with Crippen molar-refractivity contribution in [3.63, 3.8) is 0 Å². The Morgan fingerprint density at radius 2 is 1.71 bits per heavy atom. The number of imide groups is 1. The van der Waals surface area contributed by atoms with Gasteiger partial charge in [0.25, 0.3) is 5.91 Å². The third-order valence-corrected chi connectivity index (χ3v) is 2.90. The Kier molecular flexibility index (Phi) is 7.74. The molecule has 0 fully saturated rings. The Morgan fingerprint density at radius 3 is 2.25 bits per heavy atom. The second kappa shape index (κ2) is 9.54. The van der Waals surface area contributed by atoms with Gasteiger partial charge in [-0.05, 0) is 44.0 Å². The molecule has 1 aromatic carbocycles. The summed E-state index contributed by atoms with van der Waals surface area (Å²) in [6, 6.07) is 5.83. The third kappa shape index (κ3) is 6.68. The quantitative estimate of drug-likeness (QED) is 0.744. The van der Waals surface area contributed by atoms with Crippen molar-refractivity contribution in [2.45, 2.75) is 33.8 Å². The van der Waals surface area contributed by atoms with E-state index in [0.29, 0.717) is 30.4 Å². The van der Waals surface area contributed by atoms with Crippen molar-refractivity contribution in [1.29, 1.82) is 0 Å². The molecular formula is C17H24N2O5. The normalized spacial score (nSPS) is 11.5. The molecule has 1 aromatic rings. The van der Waals surface area contributed by atoms with Crippen LogP contribution < -0.4 is 15.4 Å². The summed E-state index contributed by atoms with van der Waals surface area (Å²) in [4.78, 5) is 35.0. The van der Waals surface area contributed by atoms with Crippen LogP contribution in [0.25, 0.3) is 0 Å². The van der Waals surface area contributed by atoms with Crippen LogP contribution in [0.3, 0.4) is 0 Å². The van der Waals surface area contributed by atoms with E-state index in [0.717, 1.165) is 0 Å². The first-order valence-corrected chi connectivity index (χ1v) is 7.86. The zero-order valence-electron chi connectivity index (χ0n) is 14.4. The molecule has 0 aliphatic heterocycles. The zero-order chi connectivity index (χ0) is 18.1. The van der Waals surface area contributed by atoms with Gasteiger partial charge in [-0.3, -0.25) is 10.1 Å². The molecule has 7 nitrogen and oxygen atoms in total. The molecule has 0 bridgehead atoms. The van der Waals surface area contributed by atoms with Gasteiger partial charge in [-0.1, -0.05) is 13.8 Å². The molecule has 2 N–H and O–H groups in total. The average Bonchev–Trinajstić information content (AvgIpc) is 2.53. The van der Waals surface area contributed by atoms with E-state index in [1.807, 2.05) is 13.8 Å². The molecular weight excluding hydrogens is 312 g/mol. The molecule has 0 heterocycles. The molecule has 1 unspecified atom stereocenters. The SMILES string of the molecule is CCNC(=O)NC(=O)C(C)OC(=O)c1ccc(OCC(C)C)cc1. The van der Waals surface area contributed by atoms with Crippen LogP contribution in [0.2, 0.25) is 0 Å². The number of hydrogen-bond acceptors (Lipinski definition) is 5. The Balaban J connectivity index is 2.54. The van der Waals surface area contributed by atoms with Crippen molar-refractivity contribution in [2.75, 3.05) is 13.2 Å². The molecule has 3 amide bonds. The van der Waals surface area contributed by atoms with Crippen molar-refractivity contribution in [1.82, 2.24) is 10.6 Å². The fraction of sp³-hybridized carbons (Fsp3) is 0.471. The first-order valence-electron chi connectivity index (χ1n) is 7.86. The van der Waals surface area contributed by atoms with E-state index in [1.54, 1.807) is 31.2 Å². The summed E-state index contributed by atoms with van der Waals surface area (Å²) < 4.78 is 10.6. The second-order valence-electron chi connectivity index (χ2n) is 5.63. The standard InChI is InChI=1S/C17H24N2O5/c1-5-18-17(22)19-15(20)12(4)24-16(21)13-6-8-14(9-7-13)23-10-11(2)3/h6-9,11-12H,5,10H2,1-4H3,(H2,18,19,20,22). The lowest BCUT2D eigenvalue weighted by atomic mass is 10.2. The molecule has 132 valence electrons. The van der Waals surface area contributed by atoms with Gasteiger partial charge in [-0.25, -0.2) is 9.59 Å². The maximum absolute atomic E-state index is 12.0. The van der Waals surface area contributed by atoms with Crippen LogP contribution in [0, 0.1) is 5.92 Å². The number of urea groups is 1. The number of esters is 1. The number of ether oxygens (including phenoxy) is 2. The minimum absolute atomic E-state index is 0.296. The van der Waals surface area contributed by atoms with Gasteiger partial charge >= 0.3 is 12.0 Å². The molecule has 0 aromatic heterocycles. The molecule has 0 aliphatic rings. The van der Waals surface area contributed by atoms with E-state index in [-0.39, 0.29) is 0 Å². The molecule has 0 radical (unpaired) electrons. The number of amides is 3. The van der Waals surface area contributed by atoms with Gasteiger partial charge in [0, 0.05) is 6.54 Å². The van der Waals surface area contributed by atoms with E-state index in [4.69, 9.17) is 9.47 Å². The van der Waals surface area contributed by atoms with Crippen LogP contribution in [-0.4, -0.2) is 37.2 Å². The minimum Gasteiger partial charge on any atom is -0.493 e. The first kappa shape index (κ1) is 19.5. The van der Waals surface area contributed by atoms with E-state index in [9.17, 15) is 14.4 Å². The highest BCUT2D eigenvalue weighted by molar-refractivity contribution is 5.98. The van der Waals surface area contributed by atoms with Crippen molar-refractivity contribution in [3.8, 4) is 5.75 Å². The van der Waals surface area contributed by atoms with Gasteiger partial charge in [0.2, 0.25) is 0 Å². The molecule has 0 aliphatic carbocycles. The molecule has 0 saturated carbocycles. The van der Waals surface area contributed by atoms with Crippen LogP contribution in [0.15, 0.2) is 24.3 Å². The molecule has 7 heteroatoms. The van der Waals surface area contributed by atoms with Crippen LogP contribution in [0.5, 0.6) is 5.75 Å². The van der Waals surface area contributed by atoms with Crippen molar-refractivity contribution in [3.05, 3.63) is 29.8 Å². The highest BCUT2D eigenvalue weighted by Gasteiger charge is 2.20. The second-order valence-corrected chi connectivity index (χ2v) is 5.63. The van der Waals surface area contributed by atoms with Crippen LogP contribution in [0.4, 0.5) is 4.79 Å². The number of nitrogens with one attached hydrogen (secondary N) is 2. The third-order valence-electron chi connectivity index (χ3n) is 2.90. The summed E-state index contributed by atoms with van der Waals surface area (Å²) >= 11 is 0. The number of benzene rings is 1. The van der Waals surface area contributed by atoms with E-state index in [2.05, 4.69) is 10.6 Å². The van der Waals surface area contributed by atoms with E-state index < -0.39 is 24.0 Å². The molecule has 0 saturated heterocycles. The lowest BCUT2D eigenvalue weighted by molar-refractivity contribution is -0.127. The topological polar surface area (TPSA) is 93.7 Å². The number of hydrogen-bond donors (Lipinski definition) is 2. The fourth-order valence-corrected chi connectivity index (χ4v) is 1.65. The highest BCUT2D eigenvalue weighted by atomic mass is 16.5. The monoisotopic (exact) mass is 336 g/mol. The maximum atomic E-state index is 12.0. The Morgan fingerprint density at radius 1 is 1.08 bits per heavy atom. The lowest BCUT2D eigenvalue weighted by Crippen LogP contribution is -2.44. The molecule has 1 rings (SSSR count). The minimum atomic E-state index is -1.09. The predicted octanol–water partition coefficient (Wildman–Crippen LogP) is 2.11. The summed E-state index contributed by atoms with van der Waals surface area (Å²) in [5, 5.41) is 4.50. The zero-order valence-corrected chi connectivity index (χ0v) is 14.4. The number of carbonyl (C=O) groups excluding carboxylic acids is 3. The smallest absolute Gasteiger partial charge is 0.338 e. The van der Waals surface area contributed by atoms with Gasteiger partial charge in [0.15, 0.2) is 6.10 Å². The lowest BCUT2D eigenvalue weighted by Gasteiger charge is -2.13. The first-order chi connectivity index (χ1) is 11.3. The van der Waals surface area contributed by atoms with Crippen molar-refractivity contribution < 1.29 is 23.9 Å². The summed E-state index contributed by atoms with van der Waals surface area (Å²) in [5.74, 6) is -0.281. The molecule has 0 spiro atoms. The van der Waals surface area contributed by atoms with Gasteiger partial charge in [-0.2, -0.15) is 0 Å². The summed E-state index contributed by atoms with van der Waals surface area (Å²) in [6.45, 7) is 8.17. The van der Waals surface area contributed by atoms with E-state index >= 15 is 0 Å².